The number of nitrogens with one attached hydrogen (secondary N) is 1. The van der Waals surface area contributed by atoms with Crippen LogP contribution in [0.15, 0.2) is 30.5 Å². The Bertz CT molecular complexity index is 705. The summed E-state index contributed by atoms with van der Waals surface area (Å²) in [4.78, 5) is 15.4. The first kappa shape index (κ1) is 16.7. The molecular weight excluding hydrogens is 321 g/mol. The molecule has 1 heterocycles. The number of amides is 1. The molecule has 0 spiro atoms. The molecule has 9 heteroatoms. The first-order valence-corrected chi connectivity index (χ1v) is 6.23. The summed E-state index contributed by atoms with van der Waals surface area (Å²) in [5, 5.41) is 2.19. The second-order valence-electron chi connectivity index (χ2n) is 4.57. The van der Waals surface area contributed by atoms with Crippen LogP contribution in [0.25, 0.3) is 0 Å². The highest BCUT2D eigenvalue weighted by molar-refractivity contribution is 5.93. The van der Waals surface area contributed by atoms with Gasteiger partial charge < -0.3 is 11.1 Å². The van der Waals surface area contributed by atoms with E-state index in [4.69, 9.17) is 5.73 Å². The number of hydrogen-bond donors (Lipinski definition) is 2. The lowest BCUT2D eigenvalue weighted by molar-refractivity contribution is -0.138. The summed E-state index contributed by atoms with van der Waals surface area (Å²) in [6.45, 7) is -0.612. The minimum atomic E-state index is -4.86. The number of benzene rings is 1. The van der Waals surface area contributed by atoms with Gasteiger partial charge in [0.15, 0.2) is 0 Å². The Hall–Kier alpha value is -2.71. The van der Waals surface area contributed by atoms with Gasteiger partial charge in [0.1, 0.15) is 17.5 Å². The van der Waals surface area contributed by atoms with Crippen LogP contribution in [-0.2, 0) is 12.7 Å². The smallest absolute Gasteiger partial charge is 0.384 e. The number of aromatic nitrogens is 1. The van der Waals surface area contributed by atoms with Gasteiger partial charge in [-0.05, 0) is 24.3 Å². The van der Waals surface area contributed by atoms with Crippen molar-refractivity contribution in [2.45, 2.75) is 12.7 Å². The van der Waals surface area contributed by atoms with Crippen molar-refractivity contribution in [2.24, 2.45) is 0 Å². The number of alkyl halides is 3. The summed E-state index contributed by atoms with van der Waals surface area (Å²) in [5.74, 6) is -3.31. The number of carbonyl (C=O) groups excluding carboxylic acids is 1. The van der Waals surface area contributed by atoms with Gasteiger partial charge in [-0.3, -0.25) is 4.79 Å². The molecule has 0 saturated heterocycles. The highest BCUT2D eigenvalue weighted by Crippen LogP contribution is 2.31. The van der Waals surface area contributed by atoms with Crippen molar-refractivity contribution < 1.29 is 26.7 Å². The predicted molar refractivity (Wildman–Crippen MR) is 71.2 cm³/mol. The molecule has 122 valence electrons. The first-order valence-electron chi connectivity index (χ1n) is 6.23. The average molecular weight is 331 g/mol. The second kappa shape index (κ2) is 6.19. The van der Waals surface area contributed by atoms with Crippen LogP contribution in [-0.4, -0.2) is 10.9 Å². The van der Waals surface area contributed by atoms with E-state index in [1.807, 2.05) is 0 Å². The maximum Gasteiger partial charge on any atom is 0.416 e. The summed E-state index contributed by atoms with van der Waals surface area (Å²) in [6.07, 6.45) is -3.71. The van der Waals surface area contributed by atoms with Crippen LogP contribution in [0.3, 0.4) is 0 Å². The van der Waals surface area contributed by atoms with E-state index in [0.717, 1.165) is 6.20 Å². The molecule has 23 heavy (non-hydrogen) atoms. The van der Waals surface area contributed by atoms with Crippen molar-refractivity contribution in [3.63, 3.8) is 0 Å². The van der Waals surface area contributed by atoms with Gasteiger partial charge in [0.25, 0.3) is 5.91 Å². The van der Waals surface area contributed by atoms with Gasteiger partial charge >= 0.3 is 6.18 Å². The summed E-state index contributed by atoms with van der Waals surface area (Å²) in [5.41, 5.74) is 3.33. The summed E-state index contributed by atoms with van der Waals surface area (Å²) in [7, 11) is 0. The molecule has 0 aliphatic heterocycles. The molecule has 4 nitrogen and oxygen atoms in total. The standard InChI is InChI=1S/C14H10F5N3O/c15-10-3-8(14(17,18)19)4-11(16)9(10)6-22-13(23)7-1-2-12(20)21-5-7/h1-5H,6H2,(H2,20,21)(H,22,23). The van der Waals surface area contributed by atoms with E-state index in [1.165, 1.54) is 12.1 Å². The van der Waals surface area contributed by atoms with Gasteiger partial charge in [0.05, 0.1) is 11.1 Å². The van der Waals surface area contributed by atoms with Crippen LogP contribution >= 0.6 is 0 Å². The second-order valence-corrected chi connectivity index (χ2v) is 4.57. The molecule has 0 aliphatic rings. The zero-order chi connectivity index (χ0) is 17.2. The molecule has 1 aromatic carbocycles. The average Bonchev–Trinajstić information content (AvgIpc) is 2.45. The van der Waals surface area contributed by atoms with Crippen LogP contribution in [0.2, 0.25) is 0 Å². The lowest BCUT2D eigenvalue weighted by Gasteiger charge is -2.11. The van der Waals surface area contributed by atoms with Crippen LogP contribution in [0.1, 0.15) is 21.5 Å². The molecule has 0 unspecified atom stereocenters. The molecular formula is C14H10F5N3O. The molecule has 2 rings (SSSR count). The lowest BCUT2D eigenvalue weighted by Crippen LogP contribution is -2.24. The summed E-state index contributed by atoms with van der Waals surface area (Å²) >= 11 is 0. The maximum atomic E-state index is 13.6. The molecule has 0 aliphatic carbocycles. The Morgan fingerprint density at radius 1 is 1.17 bits per heavy atom. The fraction of sp³-hybridized carbons (Fsp3) is 0.143. The number of hydrogen-bond acceptors (Lipinski definition) is 3. The Kier molecular flexibility index (Phi) is 4.48. The van der Waals surface area contributed by atoms with E-state index in [9.17, 15) is 26.7 Å². The van der Waals surface area contributed by atoms with Crippen LogP contribution < -0.4 is 11.1 Å². The van der Waals surface area contributed by atoms with Gasteiger partial charge in [-0.1, -0.05) is 0 Å². The van der Waals surface area contributed by atoms with Crippen molar-refractivity contribution in [3.05, 3.63) is 58.8 Å². The van der Waals surface area contributed by atoms with Gasteiger partial charge in [0.2, 0.25) is 0 Å². The molecule has 1 aromatic heterocycles. The normalized spacial score (nSPS) is 11.3. The Labute approximate surface area is 127 Å². The van der Waals surface area contributed by atoms with Crippen LogP contribution in [0.4, 0.5) is 27.8 Å². The van der Waals surface area contributed by atoms with E-state index in [0.29, 0.717) is 0 Å². The molecule has 3 N–H and O–H groups in total. The maximum absolute atomic E-state index is 13.6. The van der Waals surface area contributed by atoms with E-state index < -0.39 is 41.4 Å². The number of anilines is 1. The third-order valence-corrected chi connectivity index (χ3v) is 2.94. The monoisotopic (exact) mass is 331 g/mol. The van der Waals surface area contributed by atoms with E-state index in [1.54, 1.807) is 0 Å². The number of nitrogen functional groups attached to an aromatic ring is 1. The minimum Gasteiger partial charge on any atom is -0.384 e. The van der Waals surface area contributed by atoms with E-state index in [-0.39, 0.29) is 23.5 Å². The summed E-state index contributed by atoms with van der Waals surface area (Å²) < 4.78 is 64.5. The quantitative estimate of drug-likeness (QED) is 0.850. The van der Waals surface area contributed by atoms with Crippen LogP contribution in [0.5, 0.6) is 0 Å². The third kappa shape index (κ3) is 3.93. The third-order valence-electron chi connectivity index (χ3n) is 2.94. The summed E-state index contributed by atoms with van der Waals surface area (Å²) in [6, 6.07) is 3.05. The largest absolute Gasteiger partial charge is 0.416 e. The molecule has 0 radical (unpaired) electrons. The van der Waals surface area contributed by atoms with Gasteiger partial charge in [-0.15, -0.1) is 0 Å². The number of carbonyl (C=O) groups is 1. The molecule has 2 aromatic rings. The Morgan fingerprint density at radius 2 is 1.78 bits per heavy atom. The van der Waals surface area contributed by atoms with E-state index >= 15 is 0 Å². The van der Waals surface area contributed by atoms with E-state index in [2.05, 4.69) is 10.3 Å². The predicted octanol–water partition coefficient (Wildman–Crippen LogP) is 2.89. The number of rotatable bonds is 3. The van der Waals surface area contributed by atoms with Crippen molar-refractivity contribution in [2.75, 3.05) is 5.73 Å². The fourth-order valence-electron chi connectivity index (χ4n) is 1.75. The SMILES string of the molecule is Nc1ccc(C(=O)NCc2c(F)cc(C(F)(F)F)cc2F)cn1. The van der Waals surface area contributed by atoms with Gasteiger partial charge in [0, 0.05) is 18.3 Å². The van der Waals surface area contributed by atoms with Crippen molar-refractivity contribution in [1.82, 2.24) is 10.3 Å². The molecule has 1 amide bonds. The Morgan fingerprint density at radius 3 is 2.26 bits per heavy atom. The number of halogens is 5. The van der Waals surface area contributed by atoms with Crippen molar-refractivity contribution in [3.8, 4) is 0 Å². The van der Waals surface area contributed by atoms with Crippen molar-refractivity contribution >= 4 is 11.7 Å². The highest BCUT2D eigenvalue weighted by atomic mass is 19.4. The van der Waals surface area contributed by atoms with Crippen molar-refractivity contribution in [1.29, 1.82) is 0 Å². The molecule has 0 fully saturated rings. The zero-order valence-corrected chi connectivity index (χ0v) is 11.4. The lowest BCUT2D eigenvalue weighted by atomic mass is 10.1. The number of nitrogens with zero attached hydrogens (tertiary/aromatic N) is 1. The topological polar surface area (TPSA) is 68.0 Å². The molecule has 0 atom stereocenters. The fourth-order valence-corrected chi connectivity index (χ4v) is 1.75. The highest BCUT2D eigenvalue weighted by Gasteiger charge is 2.32. The van der Waals surface area contributed by atoms with Gasteiger partial charge in [-0.25, -0.2) is 13.8 Å². The minimum absolute atomic E-state index is 0.0897. The Balaban J connectivity index is 2.14. The molecule has 0 saturated carbocycles. The molecule has 0 bridgehead atoms. The zero-order valence-electron chi connectivity index (χ0n) is 11.4. The number of pyridine rings is 1. The number of nitrogens with two attached hydrogens (primary N) is 1. The van der Waals surface area contributed by atoms with Crippen LogP contribution in [0, 0.1) is 11.6 Å². The van der Waals surface area contributed by atoms with Gasteiger partial charge in [-0.2, -0.15) is 13.2 Å². The first-order chi connectivity index (χ1) is 10.7.